The summed E-state index contributed by atoms with van der Waals surface area (Å²) in [6.45, 7) is 8.20. The number of rotatable bonds is 9. The van der Waals surface area contributed by atoms with Crippen molar-refractivity contribution in [2.75, 3.05) is 7.11 Å². The number of carbonyl (C=O) groups is 3. The highest BCUT2D eigenvalue weighted by molar-refractivity contribution is 5.86. The standard InChI is InChI=1S/C26H32N2O7/c1-17(15-20-9-7-8-10-23(20)32-6)28-35-24(30)22(27-25(31)34-26(3,4)5)16-19-11-13-21(14-12-19)33-18(2)29/h7-14,22H,15-16H2,1-6H3,(H,27,31)/b28-17+/t22-/m0/s1. The number of alkyl carbamates (subject to hydrolysis) is 1. The van der Waals surface area contributed by atoms with Crippen molar-refractivity contribution in [2.45, 2.75) is 59.1 Å². The summed E-state index contributed by atoms with van der Waals surface area (Å²) < 4.78 is 15.6. The van der Waals surface area contributed by atoms with Gasteiger partial charge in [0.2, 0.25) is 0 Å². The molecule has 9 nitrogen and oxygen atoms in total. The lowest BCUT2D eigenvalue weighted by atomic mass is 10.1. The smallest absolute Gasteiger partial charge is 0.408 e. The number of nitrogens with zero attached hydrogens (tertiary/aromatic N) is 1. The summed E-state index contributed by atoms with van der Waals surface area (Å²) in [6.07, 6.45) is -0.232. The largest absolute Gasteiger partial charge is 0.496 e. The van der Waals surface area contributed by atoms with Gasteiger partial charge in [-0.15, -0.1) is 0 Å². The lowest BCUT2D eigenvalue weighted by Gasteiger charge is -2.22. The maximum atomic E-state index is 12.8. The van der Waals surface area contributed by atoms with Crippen molar-refractivity contribution >= 4 is 23.7 Å². The molecule has 1 N–H and O–H groups in total. The summed E-state index contributed by atoms with van der Waals surface area (Å²) in [5.74, 6) is -0.112. The van der Waals surface area contributed by atoms with Gasteiger partial charge in [0, 0.05) is 19.8 Å². The van der Waals surface area contributed by atoms with Crippen LogP contribution in [-0.2, 0) is 32.0 Å². The van der Waals surface area contributed by atoms with Crippen molar-refractivity contribution in [3.05, 3.63) is 59.7 Å². The Hall–Kier alpha value is -3.88. The van der Waals surface area contributed by atoms with Crippen LogP contribution in [0.1, 0.15) is 45.7 Å². The van der Waals surface area contributed by atoms with E-state index in [4.69, 9.17) is 19.0 Å². The molecule has 0 unspecified atom stereocenters. The van der Waals surface area contributed by atoms with Crippen LogP contribution in [-0.4, -0.2) is 42.5 Å². The molecule has 0 bridgehead atoms. The minimum Gasteiger partial charge on any atom is -0.496 e. The first-order valence-electron chi connectivity index (χ1n) is 11.1. The molecule has 0 fully saturated rings. The SMILES string of the molecule is COc1ccccc1C/C(C)=N/OC(=O)[C@H](Cc1ccc(OC(C)=O)cc1)NC(=O)OC(C)(C)C. The Labute approximate surface area is 205 Å². The Kier molecular flexibility index (Phi) is 9.81. The summed E-state index contributed by atoms with van der Waals surface area (Å²) in [5.41, 5.74) is 1.40. The van der Waals surface area contributed by atoms with Crippen LogP contribution in [0.4, 0.5) is 4.79 Å². The van der Waals surface area contributed by atoms with E-state index in [-0.39, 0.29) is 6.42 Å². The second-order valence-corrected chi connectivity index (χ2v) is 8.87. The zero-order chi connectivity index (χ0) is 26.0. The molecule has 2 rings (SSSR count). The molecule has 1 amide bonds. The van der Waals surface area contributed by atoms with E-state index in [9.17, 15) is 14.4 Å². The Morgan fingerprint density at radius 2 is 1.66 bits per heavy atom. The molecular weight excluding hydrogens is 452 g/mol. The molecule has 0 aromatic heterocycles. The van der Waals surface area contributed by atoms with E-state index in [1.807, 2.05) is 24.3 Å². The van der Waals surface area contributed by atoms with Gasteiger partial charge in [-0.1, -0.05) is 35.5 Å². The minimum atomic E-state index is -1.06. The van der Waals surface area contributed by atoms with Crippen LogP contribution in [0.25, 0.3) is 0 Å². The first-order valence-corrected chi connectivity index (χ1v) is 11.1. The number of benzene rings is 2. The van der Waals surface area contributed by atoms with Crippen molar-refractivity contribution < 1.29 is 33.4 Å². The fourth-order valence-corrected chi connectivity index (χ4v) is 3.08. The van der Waals surface area contributed by atoms with Crippen LogP contribution in [0.3, 0.4) is 0 Å². The third-order valence-electron chi connectivity index (χ3n) is 4.53. The monoisotopic (exact) mass is 484 g/mol. The zero-order valence-electron chi connectivity index (χ0n) is 20.9. The summed E-state index contributed by atoms with van der Waals surface area (Å²) in [7, 11) is 1.58. The summed E-state index contributed by atoms with van der Waals surface area (Å²) >= 11 is 0. The molecule has 0 aliphatic rings. The van der Waals surface area contributed by atoms with Crippen molar-refractivity contribution in [1.29, 1.82) is 0 Å². The molecule has 9 heteroatoms. The Bertz CT molecular complexity index is 1060. The highest BCUT2D eigenvalue weighted by atomic mass is 16.7. The highest BCUT2D eigenvalue weighted by Gasteiger charge is 2.26. The van der Waals surface area contributed by atoms with Crippen LogP contribution in [0.5, 0.6) is 11.5 Å². The number of para-hydroxylation sites is 1. The second kappa shape index (κ2) is 12.5. The van der Waals surface area contributed by atoms with Gasteiger partial charge in [-0.3, -0.25) is 4.79 Å². The van der Waals surface area contributed by atoms with E-state index in [0.29, 0.717) is 29.2 Å². The summed E-state index contributed by atoms with van der Waals surface area (Å²) in [4.78, 5) is 41.5. The van der Waals surface area contributed by atoms with Gasteiger partial charge >= 0.3 is 18.0 Å². The van der Waals surface area contributed by atoms with Gasteiger partial charge < -0.3 is 24.4 Å². The van der Waals surface area contributed by atoms with Gasteiger partial charge in [-0.05, 0) is 57.0 Å². The van der Waals surface area contributed by atoms with E-state index in [1.54, 1.807) is 59.1 Å². The average molecular weight is 485 g/mol. The van der Waals surface area contributed by atoms with Crippen LogP contribution in [0, 0.1) is 0 Å². The fraction of sp³-hybridized carbons (Fsp3) is 0.385. The molecule has 0 radical (unpaired) electrons. The van der Waals surface area contributed by atoms with Crippen molar-refractivity contribution in [3.8, 4) is 11.5 Å². The van der Waals surface area contributed by atoms with Crippen molar-refractivity contribution in [2.24, 2.45) is 5.16 Å². The highest BCUT2D eigenvalue weighted by Crippen LogP contribution is 2.18. The average Bonchev–Trinajstić information content (AvgIpc) is 2.77. The molecule has 0 aliphatic heterocycles. The molecular formula is C26H32N2O7. The molecule has 188 valence electrons. The third kappa shape index (κ3) is 9.87. The van der Waals surface area contributed by atoms with Crippen LogP contribution < -0.4 is 14.8 Å². The molecule has 0 aliphatic carbocycles. The number of methoxy groups -OCH3 is 1. The summed E-state index contributed by atoms with van der Waals surface area (Å²) in [5, 5.41) is 6.50. The predicted octanol–water partition coefficient (Wildman–Crippen LogP) is 4.22. The minimum absolute atomic E-state index is 0.111. The first-order chi connectivity index (χ1) is 16.5. The van der Waals surface area contributed by atoms with Gasteiger partial charge in [0.25, 0.3) is 0 Å². The molecule has 0 heterocycles. The quantitative estimate of drug-likeness (QED) is 0.186. The molecule has 35 heavy (non-hydrogen) atoms. The lowest BCUT2D eigenvalue weighted by Crippen LogP contribution is -2.45. The van der Waals surface area contributed by atoms with Crippen molar-refractivity contribution in [1.82, 2.24) is 5.32 Å². The Morgan fingerprint density at radius 1 is 1.00 bits per heavy atom. The number of esters is 1. The van der Waals surface area contributed by atoms with Crippen LogP contribution in [0.2, 0.25) is 0 Å². The topological polar surface area (TPSA) is 113 Å². The summed E-state index contributed by atoms with van der Waals surface area (Å²) in [6, 6.07) is 13.0. The van der Waals surface area contributed by atoms with Gasteiger partial charge in [0.1, 0.15) is 23.1 Å². The molecule has 0 saturated carbocycles. The van der Waals surface area contributed by atoms with Gasteiger partial charge in [0.15, 0.2) is 0 Å². The van der Waals surface area contributed by atoms with E-state index in [1.165, 1.54) is 6.92 Å². The van der Waals surface area contributed by atoms with E-state index >= 15 is 0 Å². The second-order valence-electron chi connectivity index (χ2n) is 8.87. The number of oxime groups is 1. The first kappa shape index (κ1) is 27.4. The van der Waals surface area contributed by atoms with Crippen LogP contribution in [0.15, 0.2) is 53.7 Å². The molecule has 2 aromatic carbocycles. The van der Waals surface area contributed by atoms with Crippen molar-refractivity contribution in [3.63, 3.8) is 0 Å². The lowest BCUT2D eigenvalue weighted by molar-refractivity contribution is -0.146. The van der Waals surface area contributed by atoms with Gasteiger partial charge in [-0.2, -0.15) is 0 Å². The zero-order valence-corrected chi connectivity index (χ0v) is 20.9. The van der Waals surface area contributed by atoms with E-state index in [2.05, 4.69) is 10.5 Å². The number of nitrogens with one attached hydrogen (secondary N) is 1. The Morgan fingerprint density at radius 3 is 2.26 bits per heavy atom. The number of ether oxygens (including phenoxy) is 3. The number of hydrogen-bond acceptors (Lipinski definition) is 8. The maximum absolute atomic E-state index is 12.8. The molecule has 0 saturated heterocycles. The fourth-order valence-electron chi connectivity index (χ4n) is 3.08. The number of carbonyl (C=O) groups excluding carboxylic acids is 3. The molecule has 0 spiro atoms. The molecule has 1 atom stereocenters. The van der Waals surface area contributed by atoms with Crippen LogP contribution >= 0.6 is 0 Å². The van der Waals surface area contributed by atoms with Gasteiger partial charge in [0.05, 0.1) is 12.8 Å². The third-order valence-corrected chi connectivity index (χ3v) is 4.53. The molecule has 2 aromatic rings. The maximum Gasteiger partial charge on any atom is 0.408 e. The predicted molar refractivity (Wildman–Crippen MR) is 131 cm³/mol. The van der Waals surface area contributed by atoms with E-state index < -0.39 is 29.7 Å². The normalized spacial score (nSPS) is 12.3. The Balaban J connectivity index is 2.13. The van der Waals surface area contributed by atoms with E-state index in [0.717, 1.165) is 5.56 Å². The number of hydrogen-bond donors (Lipinski definition) is 1. The van der Waals surface area contributed by atoms with Gasteiger partial charge in [-0.25, -0.2) is 9.59 Å². The number of amides is 1.